The summed E-state index contributed by atoms with van der Waals surface area (Å²) < 4.78 is 19.2. The lowest BCUT2D eigenvalue weighted by molar-refractivity contribution is 0.479. The fourth-order valence-electron chi connectivity index (χ4n) is 1.73. The van der Waals surface area contributed by atoms with Crippen molar-refractivity contribution < 1.29 is 9.13 Å². The van der Waals surface area contributed by atoms with Gasteiger partial charge in [-0.3, -0.25) is 0 Å². The van der Waals surface area contributed by atoms with Crippen molar-refractivity contribution in [2.45, 2.75) is 26.4 Å². The molecule has 0 saturated carbocycles. The third-order valence-corrected chi connectivity index (χ3v) is 3.73. The van der Waals surface area contributed by atoms with E-state index >= 15 is 0 Å². The van der Waals surface area contributed by atoms with Crippen LogP contribution >= 0.6 is 27.5 Å². The van der Waals surface area contributed by atoms with Crippen molar-refractivity contribution in [1.29, 1.82) is 0 Å². The molecule has 112 valence electrons. The maximum atomic E-state index is 13.2. The van der Waals surface area contributed by atoms with E-state index in [0.717, 1.165) is 12.1 Å². The molecule has 21 heavy (non-hydrogen) atoms. The SMILES string of the molecule is CC(C)NCc1ccc(Oc2ccc(F)c(Br)c2)c(Cl)c1. The molecule has 2 nitrogen and oxygen atoms in total. The van der Waals surface area contributed by atoms with E-state index in [2.05, 4.69) is 35.1 Å². The molecule has 2 aromatic rings. The van der Waals surface area contributed by atoms with Gasteiger partial charge < -0.3 is 10.1 Å². The van der Waals surface area contributed by atoms with E-state index in [4.69, 9.17) is 16.3 Å². The second-order valence-electron chi connectivity index (χ2n) is 4.98. The van der Waals surface area contributed by atoms with Gasteiger partial charge in [0, 0.05) is 12.6 Å². The molecule has 0 fully saturated rings. The van der Waals surface area contributed by atoms with E-state index < -0.39 is 0 Å². The van der Waals surface area contributed by atoms with Gasteiger partial charge in [-0.2, -0.15) is 0 Å². The van der Waals surface area contributed by atoms with Gasteiger partial charge in [0.25, 0.3) is 0 Å². The number of hydrogen-bond acceptors (Lipinski definition) is 2. The lowest BCUT2D eigenvalue weighted by atomic mass is 10.2. The largest absolute Gasteiger partial charge is 0.456 e. The first kappa shape index (κ1) is 16.3. The summed E-state index contributed by atoms with van der Waals surface area (Å²) in [4.78, 5) is 0. The molecule has 5 heteroatoms. The Morgan fingerprint density at radius 3 is 2.62 bits per heavy atom. The molecule has 0 unspecified atom stereocenters. The van der Waals surface area contributed by atoms with Gasteiger partial charge in [0.2, 0.25) is 0 Å². The zero-order valence-corrected chi connectivity index (χ0v) is 14.1. The van der Waals surface area contributed by atoms with E-state index in [1.54, 1.807) is 12.1 Å². The Morgan fingerprint density at radius 1 is 1.24 bits per heavy atom. The first-order valence-electron chi connectivity index (χ1n) is 6.60. The second-order valence-corrected chi connectivity index (χ2v) is 6.24. The predicted octanol–water partition coefficient (Wildman–Crippen LogP) is 5.53. The number of nitrogens with one attached hydrogen (secondary N) is 1. The molecule has 0 radical (unpaired) electrons. The highest BCUT2D eigenvalue weighted by molar-refractivity contribution is 9.10. The monoisotopic (exact) mass is 371 g/mol. The minimum atomic E-state index is -0.330. The lowest BCUT2D eigenvalue weighted by Crippen LogP contribution is -2.21. The average molecular weight is 373 g/mol. The summed E-state index contributed by atoms with van der Waals surface area (Å²) in [5.74, 6) is 0.741. The molecule has 0 amide bonds. The van der Waals surface area contributed by atoms with E-state index in [9.17, 15) is 4.39 Å². The lowest BCUT2D eigenvalue weighted by Gasteiger charge is -2.11. The Morgan fingerprint density at radius 2 is 2.00 bits per heavy atom. The van der Waals surface area contributed by atoms with Gasteiger partial charge in [-0.25, -0.2) is 4.39 Å². The first-order valence-corrected chi connectivity index (χ1v) is 7.77. The summed E-state index contributed by atoms with van der Waals surface area (Å²) in [5.41, 5.74) is 1.08. The van der Waals surface area contributed by atoms with Crippen molar-refractivity contribution in [3.63, 3.8) is 0 Å². The van der Waals surface area contributed by atoms with Crippen LogP contribution in [0.1, 0.15) is 19.4 Å². The highest BCUT2D eigenvalue weighted by Crippen LogP contribution is 2.32. The van der Waals surface area contributed by atoms with Gasteiger partial charge in [-0.15, -0.1) is 0 Å². The molecule has 2 rings (SSSR count). The summed E-state index contributed by atoms with van der Waals surface area (Å²) in [5, 5.41) is 3.85. The highest BCUT2D eigenvalue weighted by Gasteiger charge is 2.07. The zero-order valence-electron chi connectivity index (χ0n) is 11.8. The smallest absolute Gasteiger partial charge is 0.146 e. The predicted molar refractivity (Wildman–Crippen MR) is 87.6 cm³/mol. The molecule has 0 bridgehead atoms. The Kier molecular flexibility index (Phi) is 5.62. The molecule has 0 atom stereocenters. The maximum absolute atomic E-state index is 13.2. The third kappa shape index (κ3) is 4.70. The van der Waals surface area contributed by atoms with E-state index in [-0.39, 0.29) is 5.82 Å². The van der Waals surface area contributed by atoms with Gasteiger partial charge in [0.05, 0.1) is 9.50 Å². The van der Waals surface area contributed by atoms with Crippen molar-refractivity contribution in [3.8, 4) is 11.5 Å². The molecule has 2 aromatic carbocycles. The van der Waals surface area contributed by atoms with Crippen molar-refractivity contribution in [1.82, 2.24) is 5.32 Å². The fraction of sp³-hybridized carbons (Fsp3) is 0.250. The summed E-state index contributed by atoms with van der Waals surface area (Å²) >= 11 is 9.35. The van der Waals surface area contributed by atoms with Crippen LogP contribution in [0, 0.1) is 5.82 Å². The minimum absolute atomic E-state index is 0.330. The van der Waals surface area contributed by atoms with Gasteiger partial charge in [-0.1, -0.05) is 31.5 Å². The molecule has 0 heterocycles. The topological polar surface area (TPSA) is 21.3 Å². The van der Waals surface area contributed by atoms with Crippen LogP contribution in [0.15, 0.2) is 40.9 Å². The Balaban J connectivity index is 2.11. The summed E-state index contributed by atoms with van der Waals surface area (Å²) in [6.45, 7) is 4.93. The van der Waals surface area contributed by atoms with Crippen molar-refractivity contribution in [3.05, 3.63) is 57.3 Å². The summed E-state index contributed by atoms with van der Waals surface area (Å²) in [7, 11) is 0. The van der Waals surface area contributed by atoms with Gasteiger partial charge in [0.15, 0.2) is 0 Å². The second kappa shape index (κ2) is 7.25. The first-order chi connectivity index (χ1) is 9.95. The minimum Gasteiger partial charge on any atom is -0.456 e. The Bertz CT molecular complexity index is 634. The van der Waals surface area contributed by atoms with E-state index in [1.807, 2.05) is 18.2 Å². The van der Waals surface area contributed by atoms with Crippen LogP contribution < -0.4 is 10.1 Å². The van der Waals surface area contributed by atoms with E-state index in [1.165, 1.54) is 6.07 Å². The van der Waals surface area contributed by atoms with Crippen molar-refractivity contribution in [2.24, 2.45) is 0 Å². The van der Waals surface area contributed by atoms with Crippen LogP contribution in [0.4, 0.5) is 4.39 Å². The maximum Gasteiger partial charge on any atom is 0.146 e. The molecule has 0 aromatic heterocycles. The normalized spacial score (nSPS) is 11.0. The molecular formula is C16H16BrClFNO. The summed E-state index contributed by atoms with van der Waals surface area (Å²) in [6, 6.07) is 10.5. The molecule has 0 spiro atoms. The fourth-order valence-corrected chi connectivity index (χ4v) is 2.33. The van der Waals surface area contributed by atoms with Gasteiger partial charge in [-0.05, 0) is 51.8 Å². The van der Waals surface area contributed by atoms with E-state index in [0.29, 0.717) is 27.0 Å². The third-order valence-electron chi connectivity index (χ3n) is 2.83. The molecular weight excluding hydrogens is 357 g/mol. The summed E-state index contributed by atoms with van der Waals surface area (Å²) in [6.07, 6.45) is 0. The van der Waals surface area contributed by atoms with Crippen LogP contribution in [0.5, 0.6) is 11.5 Å². The Labute approximate surface area is 137 Å². The number of halogens is 3. The average Bonchev–Trinajstić information content (AvgIpc) is 2.43. The standard InChI is InChI=1S/C16H16BrClFNO/c1-10(2)20-9-11-3-6-16(14(18)7-11)21-12-4-5-15(19)13(17)8-12/h3-8,10,20H,9H2,1-2H3. The highest BCUT2D eigenvalue weighted by atomic mass is 79.9. The van der Waals surface area contributed by atoms with Gasteiger partial charge in [0.1, 0.15) is 17.3 Å². The van der Waals surface area contributed by atoms with Crippen LogP contribution in [-0.4, -0.2) is 6.04 Å². The molecule has 0 aliphatic carbocycles. The van der Waals surface area contributed by atoms with Crippen molar-refractivity contribution >= 4 is 27.5 Å². The number of benzene rings is 2. The molecule has 0 saturated heterocycles. The molecule has 1 N–H and O–H groups in total. The van der Waals surface area contributed by atoms with Crippen LogP contribution in [0.2, 0.25) is 5.02 Å². The number of ether oxygens (including phenoxy) is 1. The molecule has 0 aliphatic heterocycles. The van der Waals surface area contributed by atoms with Crippen molar-refractivity contribution in [2.75, 3.05) is 0 Å². The Hall–Kier alpha value is -1.10. The quantitative estimate of drug-likeness (QED) is 0.745. The van der Waals surface area contributed by atoms with Gasteiger partial charge >= 0.3 is 0 Å². The van der Waals surface area contributed by atoms with Crippen LogP contribution in [-0.2, 0) is 6.54 Å². The molecule has 0 aliphatic rings. The van der Waals surface area contributed by atoms with Crippen LogP contribution in [0.3, 0.4) is 0 Å². The zero-order chi connectivity index (χ0) is 15.4. The number of rotatable bonds is 5. The number of hydrogen-bond donors (Lipinski definition) is 1. The van der Waals surface area contributed by atoms with Crippen LogP contribution in [0.25, 0.3) is 0 Å².